The lowest BCUT2D eigenvalue weighted by molar-refractivity contribution is 0.0292. The van der Waals surface area contributed by atoms with E-state index in [0.717, 1.165) is 43.8 Å². The summed E-state index contributed by atoms with van der Waals surface area (Å²) < 4.78 is 8.05. The summed E-state index contributed by atoms with van der Waals surface area (Å²) in [6.07, 6.45) is 9.60. The van der Waals surface area contributed by atoms with E-state index in [9.17, 15) is 0 Å². The van der Waals surface area contributed by atoms with Crippen LogP contribution in [0.25, 0.3) is 0 Å². The molecule has 4 rings (SSSR count). The average molecular weight is 276 g/mol. The van der Waals surface area contributed by atoms with Crippen LogP contribution in [0.2, 0.25) is 0 Å². The first-order valence-corrected chi connectivity index (χ1v) is 7.95. The van der Waals surface area contributed by atoms with Gasteiger partial charge in [0.1, 0.15) is 12.2 Å². The van der Waals surface area contributed by atoms with Gasteiger partial charge in [-0.1, -0.05) is 0 Å². The van der Waals surface area contributed by atoms with Crippen molar-refractivity contribution >= 4 is 0 Å². The van der Waals surface area contributed by atoms with Crippen LogP contribution in [0, 0.1) is 11.3 Å². The van der Waals surface area contributed by atoms with E-state index < -0.39 is 0 Å². The lowest BCUT2D eigenvalue weighted by atomic mass is 9.75. The summed E-state index contributed by atoms with van der Waals surface area (Å²) in [6.45, 7) is 1.98. The lowest BCUT2D eigenvalue weighted by Gasteiger charge is -2.34. The van der Waals surface area contributed by atoms with Crippen LogP contribution in [0.1, 0.15) is 37.9 Å². The van der Waals surface area contributed by atoms with E-state index in [1.54, 1.807) is 6.33 Å². The molecular formula is C15H24N4O. The highest BCUT2D eigenvalue weighted by molar-refractivity contribution is 5.06. The Balaban J connectivity index is 1.55. The molecule has 2 saturated carbocycles. The van der Waals surface area contributed by atoms with E-state index in [-0.39, 0.29) is 5.41 Å². The first-order valence-electron chi connectivity index (χ1n) is 7.95. The molecule has 1 aromatic rings. The van der Waals surface area contributed by atoms with Crippen molar-refractivity contribution < 1.29 is 4.74 Å². The third kappa shape index (κ3) is 2.37. The van der Waals surface area contributed by atoms with Gasteiger partial charge in [-0.2, -0.15) is 5.10 Å². The molecule has 1 aromatic heterocycles. The number of rotatable bonds is 6. The van der Waals surface area contributed by atoms with Crippen molar-refractivity contribution in [3.8, 4) is 0 Å². The summed E-state index contributed by atoms with van der Waals surface area (Å²) in [7, 11) is 1.99. The standard InChI is InChI=1S/C15H24N4O/c1-19-13(17-10-18-19)8-15(9-16-12-4-5-12)6-7-20-14(15)11-2-3-11/h10-12,14,16H,2-9H2,1H3. The molecule has 0 spiro atoms. The second-order valence-electron chi connectivity index (χ2n) is 6.87. The molecule has 1 N–H and O–H groups in total. The largest absolute Gasteiger partial charge is 0.377 e. The Hall–Kier alpha value is -0.940. The first-order chi connectivity index (χ1) is 9.77. The fourth-order valence-corrected chi connectivity index (χ4v) is 3.61. The molecule has 2 heterocycles. The highest BCUT2D eigenvalue weighted by Gasteiger charge is 2.51. The quantitative estimate of drug-likeness (QED) is 0.851. The van der Waals surface area contributed by atoms with E-state index in [4.69, 9.17) is 4.74 Å². The molecule has 5 heteroatoms. The van der Waals surface area contributed by atoms with E-state index in [0.29, 0.717) is 6.10 Å². The third-order valence-electron chi connectivity index (χ3n) is 5.19. The summed E-state index contributed by atoms with van der Waals surface area (Å²) >= 11 is 0. The summed E-state index contributed by atoms with van der Waals surface area (Å²) in [5.41, 5.74) is 0.227. The van der Waals surface area contributed by atoms with Crippen LogP contribution in [-0.2, 0) is 18.2 Å². The van der Waals surface area contributed by atoms with Crippen LogP contribution < -0.4 is 5.32 Å². The van der Waals surface area contributed by atoms with Crippen molar-refractivity contribution in [3.63, 3.8) is 0 Å². The van der Waals surface area contributed by atoms with Gasteiger partial charge in [-0.3, -0.25) is 4.68 Å². The van der Waals surface area contributed by atoms with Gasteiger partial charge < -0.3 is 10.1 Å². The average Bonchev–Trinajstić information content (AvgIpc) is 3.36. The summed E-state index contributed by atoms with van der Waals surface area (Å²) in [5, 5.41) is 7.97. The van der Waals surface area contributed by atoms with Crippen LogP contribution in [0.4, 0.5) is 0 Å². The maximum Gasteiger partial charge on any atom is 0.138 e. The van der Waals surface area contributed by atoms with Gasteiger partial charge in [0, 0.05) is 38.1 Å². The number of nitrogens with zero attached hydrogens (tertiary/aromatic N) is 3. The Labute approximate surface area is 120 Å². The van der Waals surface area contributed by atoms with Crippen molar-refractivity contribution in [1.29, 1.82) is 0 Å². The fraction of sp³-hybridized carbons (Fsp3) is 0.867. The van der Waals surface area contributed by atoms with Gasteiger partial charge in [0.05, 0.1) is 6.10 Å². The third-order valence-corrected chi connectivity index (χ3v) is 5.19. The van der Waals surface area contributed by atoms with Gasteiger partial charge in [0.2, 0.25) is 0 Å². The van der Waals surface area contributed by atoms with Crippen molar-refractivity contribution in [2.45, 2.75) is 50.7 Å². The smallest absolute Gasteiger partial charge is 0.138 e. The predicted octanol–water partition coefficient (Wildman–Crippen LogP) is 1.29. The van der Waals surface area contributed by atoms with E-state index >= 15 is 0 Å². The second kappa shape index (κ2) is 4.81. The lowest BCUT2D eigenvalue weighted by Crippen LogP contribution is -2.44. The van der Waals surface area contributed by atoms with Crippen molar-refractivity contribution in [2.75, 3.05) is 13.2 Å². The zero-order valence-electron chi connectivity index (χ0n) is 12.2. The first kappa shape index (κ1) is 12.8. The van der Waals surface area contributed by atoms with Crippen molar-refractivity contribution in [3.05, 3.63) is 12.2 Å². The molecule has 2 aliphatic carbocycles. The molecule has 3 aliphatic rings. The van der Waals surface area contributed by atoms with Crippen LogP contribution in [-0.4, -0.2) is 40.1 Å². The molecule has 2 unspecified atom stereocenters. The zero-order valence-corrected chi connectivity index (χ0v) is 12.2. The number of nitrogens with one attached hydrogen (secondary N) is 1. The van der Waals surface area contributed by atoms with Gasteiger partial charge in [0.15, 0.2) is 0 Å². The van der Waals surface area contributed by atoms with Crippen LogP contribution in [0.15, 0.2) is 6.33 Å². The number of aryl methyl sites for hydroxylation is 1. The SMILES string of the molecule is Cn1ncnc1CC1(CNC2CC2)CCOC1C1CC1. The van der Waals surface area contributed by atoms with E-state index in [2.05, 4.69) is 15.4 Å². The number of hydrogen-bond donors (Lipinski definition) is 1. The Bertz CT molecular complexity index is 480. The van der Waals surface area contributed by atoms with Crippen molar-refractivity contribution in [1.82, 2.24) is 20.1 Å². The molecule has 0 bridgehead atoms. The topological polar surface area (TPSA) is 52.0 Å². The van der Waals surface area contributed by atoms with E-state index in [1.165, 1.54) is 25.7 Å². The number of aromatic nitrogens is 3. The molecule has 1 aliphatic heterocycles. The molecule has 0 aromatic carbocycles. The van der Waals surface area contributed by atoms with Crippen LogP contribution in [0.5, 0.6) is 0 Å². The monoisotopic (exact) mass is 276 g/mol. The van der Waals surface area contributed by atoms with Crippen LogP contribution in [0.3, 0.4) is 0 Å². The molecule has 2 atom stereocenters. The summed E-state index contributed by atoms with van der Waals surface area (Å²) in [6, 6.07) is 0.756. The minimum Gasteiger partial charge on any atom is -0.377 e. The molecule has 3 fully saturated rings. The zero-order chi connectivity index (χ0) is 13.6. The van der Waals surface area contributed by atoms with Gasteiger partial charge >= 0.3 is 0 Å². The Kier molecular flexibility index (Phi) is 3.07. The Morgan fingerprint density at radius 3 is 2.90 bits per heavy atom. The number of ether oxygens (including phenoxy) is 1. The van der Waals surface area contributed by atoms with Gasteiger partial charge in [-0.05, 0) is 38.0 Å². The second-order valence-corrected chi connectivity index (χ2v) is 6.87. The molecule has 5 nitrogen and oxygen atoms in total. The molecular weight excluding hydrogens is 252 g/mol. The molecule has 110 valence electrons. The maximum atomic E-state index is 6.14. The number of hydrogen-bond acceptors (Lipinski definition) is 4. The Morgan fingerprint density at radius 2 is 2.25 bits per heavy atom. The van der Waals surface area contributed by atoms with Gasteiger partial charge in [-0.15, -0.1) is 0 Å². The van der Waals surface area contributed by atoms with Gasteiger partial charge in [0.25, 0.3) is 0 Å². The van der Waals surface area contributed by atoms with Gasteiger partial charge in [-0.25, -0.2) is 4.98 Å². The van der Waals surface area contributed by atoms with Crippen LogP contribution >= 0.6 is 0 Å². The summed E-state index contributed by atoms with van der Waals surface area (Å²) in [5.74, 6) is 1.88. The minimum atomic E-state index is 0.227. The highest BCUT2D eigenvalue weighted by atomic mass is 16.5. The molecule has 20 heavy (non-hydrogen) atoms. The molecule has 0 amide bonds. The predicted molar refractivity (Wildman–Crippen MR) is 75.2 cm³/mol. The summed E-state index contributed by atoms with van der Waals surface area (Å²) in [4.78, 5) is 4.45. The maximum absolute atomic E-state index is 6.14. The van der Waals surface area contributed by atoms with Crippen molar-refractivity contribution in [2.24, 2.45) is 18.4 Å². The minimum absolute atomic E-state index is 0.227. The van der Waals surface area contributed by atoms with E-state index in [1.807, 2.05) is 11.7 Å². The normalized spacial score (nSPS) is 33.8. The Morgan fingerprint density at radius 1 is 1.40 bits per heavy atom. The molecule has 1 saturated heterocycles. The highest BCUT2D eigenvalue weighted by Crippen LogP contribution is 2.49. The fourth-order valence-electron chi connectivity index (χ4n) is 3.61. The molecule has 0 radical (unpaired) electrons.